The van der Waals surface area contributed by atoms with Gasteiger partial charge >= 0.3 is 0 Å². The van der Waals surface area contributed by atoms with E-state index in [1.807, 2.05) is 12.1 Å². The van der Waals surface area contributed by atoms with E-state index in [2.05, 4.69) is 39.7 Å². The molecule has 0 saturated carbocycles. The van der Waals surface area contributed by atoms with E-state index >= 15 is 0 Å². The number of rotatable bonds is 8. The number of hydrogen-bond donors (Lipinski definition) is 2. The number of carbonyl (C=O) groups is 2. The zero-order chi connectivity index (χ0) is 20.6. The molecule has 2 heterocycles. The molecule has 1 aromatic heterocycles. The summed E-state index contributed by atoms with van der Waals surface area (Å²) in [5.74, 6) is 1.82. The highest BCUT2D eigenvalue weighted by molar-refractivity contribution is 8.00. The Morgan fingerprint density at radius 2 is 1.93 bits per heavy atom. The Kier molecular flexibility index (Phi) is 7.71. The van der Waals surface area contributed by atoms with Crippen molar-refractivity contribution in [3.63, 3.8) is 0 Å². The molecule has 0 radical (unpaired) electrons. The number of carbonyl (C=O) groups excluding carboxylic acids is 2. The average molecular weight is 417 g/mol. The van der Waals surface area contributed by atoms with Crippen LogP contribution in [-0.4, -0.2) is 46.5 Å². The molecule has 1 aromatic carbocycles. The van der Waals surface area contributed by atoms with Crippen LogP contribution in [0.5, 0.6) is 0 Å². The van der Waals surface area contributed by atoms with Crippen LogP contribution >= 0.6 is 11.8 Å². The summed E-state index contributed by atoms with van der Waals surface area (Å²) in [6.07, 6.45) is 2.59. The first-order valence-electron chi connectivity index (χ1n) is 9.90. The van der Waals surface area contributed by atoms with Gasteiger partial charge in [0.05, 0.1) is 11.5 Å². The highest BCUT2D eigenvalue weighted by atomic mass is 32.2. The van der Waals surface area contributed by atoms with Crippen molar-refractivity contribution in [1.82, 2.24) is 10.1 Å². The smallest absolute Gasteiger partial charge is 0.235 e. The summed E-state index contributed by atoms with van der Waals surface area (Å²) in [4.78, 5) is 26.4. The van der Waals surface area contributed by atoms with E-state index in [1.165, 1.54) is 30.2 Å². The second kappa shape index (κ2) is 10.5. The normalized spacial score (nSPS) is 17.1. The van der Waals surface area contributed by atoms with E-state index in [1.54, 1.807) is 13.0 Å². The van der Waals surface area contributed by atoms with Crippen molar-refractivity contribution in [2.24, 2.45) is 5.92 Å². The number of thioether (sulfide) groups is 1. The maximum atomic E-state index is 12.1. The van der Waals surface area contributed by atoms with Crippen LogP contribution < -0.4 is 10.6 Å². The van der Waals surface area contributed by atoms with E-state index in [-0.39, 0.29) is 23.3 Å². The third-order valence-corrected chi connectivity index (χ3v) is 5.68. The van der Waals surface area contributed by atoms with E-state index in [9.17, 15) is 9.59 Å². The maximum Gasteiger partial charge on any atom is 0.235 e. The van der Waals surface area contributed by atoms with Gasteiger partial charge in [-0.25, -0.2) is 0 Å². The number of likely N-dealkylation sites (tertiary alicyclic amines) is 1. The second-order valence-corrected chi connectivity index (χ2v) is 8.58. The quantitative estimate of drug-likeness (QED) is 0.685. The summed E-state index contributed by atoms with van der Waals surface area (Å²) >= 11 is 1.25. The lowest BCUT2D eigenvalue weighted by Crippen LogP contribution is -2.33. The average Bonchev–Trinajstić information content (AvgIpc) is 3.08. The van der Waals surface area contributed by atoms with E-state index < -0.39 is 0 Å². The molecule has 156 valence electrons. The fourth-order valence-electron chi connectivity index (χ4n) is 3.42. The highest BCUT2D eigenvalue weighted by Crippen LogP contribution is 2.19. The van der Waals surface area contributed by atoms with Crippen molar-refractivity contribution >= 4 is 35.1 Å². The summed E-state index contributed by atoms with van der Waals surface area (Å²) in [7, 11) is 0. The largest absolute Gasteiger partial charge is 0.360 e. The Bertz CT molecular complexity index is 822. The molecule has 1 atom stereocenters. The molecule has 1 saturated heterocycles. The van der Waals surface area contributed by atoms with Crippen LogP contribution in [0.1, 0.15) is 31.1 Å². The Morgan fingerprint density at radius 3 is 2.59 bits per heavy atom. The van der Waals surface area contributed by atoms with Gasteiger partial charge in [0.1, 0.15) is 5.76 Å². The van der Waals surface area contributed by atoms with Crippen LogP contribution in [-0.2, 0) is 16.1 Å². The predicted octanol–water partition coefficient (Wildman–Crippen LogP) is 3.53. The molecule has 7 nitrogen and oxygen atoms in total. The van der Waals surface area contributed by atoms with Crippen molar-refractivity contribution in [3.05, 3.63) is 41.7 Å². The van der Waals surface area contributed by atoms with Gasteiger partial charge in [-0.05, 0) is 49.9 Å². The number of benzene rings is 1. The van der Waals surface area contributed by atoms with Gasteiger partial charge in [-0.3, -0.25) is 14.5 Å². The molecule has 1 aliphatic heterocycles. The molecular weight excluding hydrogens is 388 g/mol. The van der Waals surface area contributed by atoms with Gasteiger partial charge in [0.2, 0.25) is 11.8 Å². The molecule has 0 spiro atoms. The first-order valence-corrected chi connectivity index (χ1v) is 11.1. The van der Waals surface area contributed by atoms with Crippen LogP contribution in [0, 0.1) is 12.8 Å². The van der Waals surface area contributed by atoms with Gasteiger partial charge in [-0.2, -0.15) is 0 Å². The summed E-state index contributed by atoms with van der Waals surface area (Å²) in [6, 6.07) is 9.64. The van der Waals surface area contributed by atoms with Gasteiger partial charge in [-0.15, -0.1) is 11.8 Å². The molecule has 1 aliphatic rings. The van der Waals surface area contributed by atoms with Crippen LogP contribution in [0.15, 0.2) is 34.9 Å². The van der Waals surface area contributed by atoms with E-state index in [4.69, 9.17) is 4.52 Å². The fourth-order valence-corrected chi connectivity index (χ4v) is 4.04. The number of hydrogen-bond acceptors (Lipinski definition) is 6. The molecule has 3 rings (SSSR count). The van der Waals surface area contributed by atoms with Gasteiger partial charge in [0, 0.05) is 24.8 Å². The Morgan fingerprint density at radius 1 is 1.21 bits per heavy atom. The van der Waals surface area contributed by atoms with Crippen molar-refractivity contribution in [1.29, 1.82) is 0 Å². The molecule has 0 aliphatic carbocycles. The van der Waals surface area contributed by atoms with Crippen LogP contribution in [0.4, 0.5) is 11.5 Å². The number of aromatic nitrogens is 1. The zero-order valence-corrected chi connectivity index (χ0v) is 17.8. The van der Waals surface area contributed by atoms with Crippen molar-refractivity contribution in [3.8, 4) is 0 Å². The minimum atomic E-state index is -0.215. The highest BCUT2D eigenvalue weighted by Gasteiger charge is 2.16. The van der Waals surface area contributed by atoms with Crippen LogP contribution in [0.2, 0.25) is 0 Å². The maximum absolute atomic E-state index is 12.1. The van der Waals surface area contributed by atoms with Gasteiger partial charge < -0.3 is 15.2 Å². The Balaban J connectivity index is 1.36. The topological polar surface area (TPSA) is 87.5 Å². The molecule has 2 amide bonds. The summed E-state index contributed by atoms with van der Waals surface area (Å²) in [5, 5.41) is 9.21. The number of piperidine rings is 1. The molecule has 8 heteroatoms. The monoisotopic (exact) mass is 416 g/mol. The number of nitrogens with zero attached hydrogens (tertiary/aromatic N) is 2. The van der Waals surface area contributed by atoms with Crippen LogP contribution in [0.3, 0.4) is 0 Å². The first kappa shape index (κ1) is 21.4. The first-order chi connectivity index (χ1) is 14.0. The number of aryl methyl sites for hydroxylation is 1. The molecule has 2 aromatic rings. The Hall–Kier alpha value is -2.32. The fraction of sp³-hybridized carbons (Fsp3) is 0.476. The van der Waals surface area contributed by atoms with Crippen molar-refractivity contribution in [2.75, 3.05) is 35.2 Å². The van der Waals surface area contributed by atoms with Gasteiger partial charge in [0.15, 0.2) is 5.82 Å². The molecule has 0 unspecified atom stereocenters. The molecular formula is C21H28N4O3S. The summed E-state index contributed by atoms with van der Waals surface area (Å²) < 4.78 is 4.89. The third-order valence-electron chi connectivity index (χ3n) is 4.75. The van der Waals surface area contributed by atoms with E-state index in [0.29, 0.717) is 11.6 Å². The van der Waals surface area contributed by atoms with Crippen molar-refractivity contribution in [2.45, 2.75) is 33.2 Å². The zero-order valence-electron chi connectivity index (χ0n) is 16.9. The Labute approximate surface area is 175 Å². The van der Waals surface area contributed by atoms with Gasteiger partial charge in [-0.1, -0.05) is 24.2 Å². The minimum absolute atomic E-state index is 0.127. The van der Waals surface area contributed by atoms with Crippen LogP contribution in [0.25, 0.3) is 0 Å². The molecule has 2 N–H and O–H groups in total. The SMILES string of the molecule is Cc1cc(NC(=O)CSCC(=O)Nc2ccc(CN3CCC[C@@H](C)C3)cc2)no1. The lowest BCUT2D eigenvalue weighted by atomic mass is 10.00. The number of nitrogens with one attached hydrogen (secondary N) is 2. The van der Waals surface area contributed by atoms with Crippen molar-refractivity contribution < 1.29 is 14.1 Å². The molecule has 1 fully saturated rings. The number of anilines is 2. The summed E-state index contributed by atoms with van der Waals surface area (Å²) in [5.41, 5.74) is 2.03. The summed E-state index contributed by atoms with van der Waals surface area (Å²) in [6.45, 7) is 7.32. The lowest BCUT2D eigenvalue weighted by Gasteiger charge is -2.30. The third kappa shape index (κ3) is 7.21. The predicted molar refractivity (Wildman–Crippen MR) is 116 cm³/mol. The molecule has 0 bridgehead atoms. The lowest BCUT2D eigenvalue weighted by molar-refractivity contribution is -0.114. The number of amides is 2. The van der Waals surface area contributed by atoms with Gasteiger partial charge in [0.25, 0.3) is 0 Å². The van der Waals surface area contributed by atoms with E-state index in [0.717, 1.165) is 31.2 Å². The molecule has 29 heavy (non-hydrogen) atoms. The second-order valence-electron chi connectivity index (χ2n) is 7.59. The standard InChI is InChI=1S/C21H28N4O3S/c1-15-4-3-9-25(11-15)12-17-5-7-18(8-6-17)22-20(26)13-29-14-21(27)23-19-10-16(2)28-24-19/h5-8,10,15H,3-4,9,11-14H2,1-2H3,(H,22,26)(H,23,24,27)/t15-/m1/s1. The minimum Gasteiger partial charge on any atom is -0.360 e.